The zero-order valence-electron chi connectivity index (χ0n) is 12.0. The first-order valence-corrected chi connectivity index (χ1v) is 6.78. The summed E-state index contributed by atoms with van der Waals surface area (Å²) in [5.74, 6) is -0.725. The molecule has 1 amide bonds. The highest BCUT2D eigenvalue weighted by Gasteiger charge is 2.18. The van der Waals surface area contributed by atoms with Crippen molar-refractivity contribution in [2.24, 2.45) is 0 Å². The van der Waals surface area contributed by atoms with Crippen LogP contribution in [0.5, 0.6) is 0 Å². The molecule has 0 aliphatic rings. The number of furan rings is 1. The Kier molecular flexibility index (Phi) is 5.30. The summed E-state index contributed by atoms with van der Waals surface area (Å²) in [6.45, 7) is 1.71. The van der Waals surface area contributed by atoms with E-state index in [1.807, 2.05) is 0 Å². The van der Waals surface area contributed by atoms with Crippen molar-refractivity contribution in [3.63, 3.8) is 0 Å². The van der Waals surface area contributed by atoms with E-state index in [0.29, 0.717) is 11.3 Å². The first kappa shape index (κ1) is 15.8. The molecule has 0 fully saturated rings. The van der Waals surface area contributed by atoms with E-state index in [-0.39, 0.29) is 18.8 Å². The summed E-state index contributed by atoms with van der Waals surface area (Å²) in [6, 6.07) is 8.97. The maximum absolute atomic E-state index is 12.8. The Morgan fingerprint density at radius 2 is 2.00 bits per heavy atom. The van der Waals surface area contributed by atoms with Crippen molar-refractivity contribution in [3.05, 3.63) is 59.8 Å². The molecule has 2 rings (SSSR count). The Bertz CT molecular complexity index is 622. The van der Waals surface area contributed by atoms with E-state index in [2.05, 4.69) is 5.32 Å². The third-order valence-corrected chi connectivity index (χ3v) is 2.96. The van der Waals surface area contributed by atoms with Crippen LogP contribution in [0.1, 0.15) is 18.2 Å². The fraction of sp³-hybridized carbons (Fsp3) is 0.250. The lowest BCUT2D eigenvalue weighted by atomic mass is 10.1. The van der Waals surface area contributed by atoms with Crippen molar-refractivity contribution < 1.29 is 23.1 Å². The van der Waals surface area contributed by atoms with Gasteiger partial charge < -0.3 is 14.5 Å². The molecule has 0 unspecified atom stereocenters. The third-order valence-electron chi connectivity index (χ3n) is 2.96. The molecule has 5 nitrogen and oxygen atoms in total. The highest BCUT2D eigenvalue weighted by molar-refractivity contribution is 5.83. The molecule has 1 atom stereocenters. The van der Waals surface area contributed by atoms with Crippen molar-refractivity contribution in [2.75, 3.05) is 0 Å². The Morgan fingerprint density at radius 1 is 1.27 bits per heavy atom. The lowest BCUT2D eigenvalue weighted by Gasteiger charge is -2.13. The van der Waals surface area contributed by atoms with E-state index in [1.165, 1.54) is 37.5 Å². The monoisotopic (exact) mass is 305 g/mol. The zero-order chi connectivity index (χ0) is 15.9. The van der Waals surface area contributed by atoms with Crippen molar-refractivity contribution in [1.29, 1.82) is 0 Å². The lowest BCUT2D eigenvalue weighted by Crippen LogP contribution is -2.35. The SMILES string of the molecule is C[C@@H](OC(=O)Cc1ccc(F)cc1)C(=O)NCc1ccco1. The van der Waals surface area contributed by atoms with E-state index in [4.69, 9.17) is 9.15 Å². The Hall–Kier alpha value is -2.63. The molecule has 116 valence electrons. The Labute approximate surface area is 127 Å². The van der Waals surface area contributed by atoms with Gasteiger partial charge in [0.15, 0.2) is 6.10 Å². The molecule has 1 aromatic carbocycles. The van der Waals surface area contributed by atoms with Gasteiger partial charge in [-0.1, -0.05) is 12.1 Å². The van der Waals surface area contributed by atoms with Crippen LogP contribution < -0.4 is 5.32 Å². The third kappa shape index (κ3) is 4.73. The minimum atomic E-state index is -0.914. The summed E-state index contributed by atoms with van der Waals surface area (Å²) in [5, 5.41) is 2.60. The molecule has 6 heteroatoms. The standard InChI is InChI=1S/C16H16FNO4/c1-11(16(20)18-10-14-3-2-8-21-14)22-15(19)9-12-4-6-13(17)7-5-12/h2-8,11H,9-10H2,1H3,(H,18,20)/t11-/m1/s1. The number of rotatable bonds is 6. The maximum Gasteiger partial charge on any atom is 0.311 e. The fourth-order valence-electron chi connectivity index (χ4n) is 1.79. The van der Waals surface area contributed by atoms with Gasteiger partial charge >= 0.3 is 5.97 Å². The molecule has 0 spiro atoms. The van der Waals surface area contributed by atoms with Gasteiger partial charge in [0.2, 0.25) is 0 Å². The van der Waals surface area contributed by atoms with Gasteiger partial charge in [0.05, 0.1) is 19.2 Å². The Morgan fingerprint density at radius 3 is 2.64 bits per heavy atom. The lowest BCUT2D eigenvalue weighted by molar-refractivity contribution is -0.154. The molecule has 0 radical (unpaired) electrons. The van der Waals surface area contributed by atoms with Crippen molar-refractivity contribution in [3.8, 4) is 0 Å². The molecular formula is C16H16FNO4. The van der Waals surface area contributed by atoms with Crippen LogP contribution in [-0.2, 0) is 27.3 Å². The van der Waals surface area contributed by atoms with Crippen molar-refractivity contribution in [2.45, 2.75) is 26.0 Å². The minimum absolute atomic E-state index is 0.0178. The van der Waals surface area contributed by atoms with Crippen LogP contribution in [0.25, 0.3) is 0 Å². The topological polar surface area (TPSA) is 68.5 Å². The second-order valence-electron chi connectivity index (χ2n) is 4.73. The second kappa shape index (κ2) is 7.40. The van der Waals surface area contributed by atoms with E-state index in [9.17, 15) is 14.0 Å². The van der Waals surface area contributed by atoms with Crippen LogP contribution >= 0.6 is 0 Å². The molecule has 1 heterocycles. The molecule has 0 saturated carbocycles. The van der Waals surface area contributed by atoms with E-state index in [0.717, 1.165) is 0 Å². The molecule has 0 saturated heterocycles. The highest BCUT2D eigenvalue weighted by atomic mass is 19.1. The largest absolute Gasteiger partial charge is 0.467 e. The van der Waals surface area contributed by atoms with Gasteiger partial charge in [0, 0.05) is 0 Å². The summed E-state index contributed by atoms with van der Waals surface area (Å²) in [4.78, 5) is 23.5. The fourth-order valence-corrected chi connectivity index (χ4v) is 1.79. The average molecular weight is 305 g/mol. The quantitative estimate of drug-likeness (QED) is 0.831. The average Bonchev–Trinajstić information content (AvgIpc) is 3.00. The normalized spacial score (nSPS) is 11.7. The molecule has 22 heavy (non-hydrogen) atoms. The van der Waals surface area contributed by atoms with Gasteiger partial charge in [0.1, 0.15) is 11.6 Å². The summed E-state index contributed by atoms with van der Waals surface area (Å²) in [7, 11) is 0. The van der Waals surface area contributed by atoms with Gasteiger partial charge in [-0.2, -0.15) is 0 Å². The number of halogens is 1. The van der Waals surface area contributed by atoms with Crippen LogP contribution in [0.4, 0.5) is 4.39 Å². The maximum atomic E-state index is 12.8. The van der Waals surface area contributed by atoms with Crippen LogP contribution in [0.15, 0.2) is 47.1 Å². The van der Waals surface area contributed by atoms with E-state index < -0.39 is 18.0 Å². The van der Waals surface area contributed by atoms with Gasteiger partial charge in [-0.15, -0.1) is 0 Å². The smallest absolute Gasteiger partial charge is 0.311 e. The van der Waals surface area contributed by atoms with Crippen molar-refractivity contribution >= 4 is 11.9 Å². The zero-order valence-corrected chi connectivity index (χ0v) is 12.0. The summed E-state index contributed by atoms with van der Waals surface area (Å²) < 4.78 is 22.9. The van der Waals surface area contributed by atoms with Crippen molar-refractivity contribution in [1.82, 2.24) is 5.32 Å². The van der Waals surface area contributed by atoms with Crippen LogP contribution in [0, 0.1) is 5.82 Å². The second-order valence-corrected chi connectivity index (χ2v) is 4.73. The van der Waals surface area contributed by atoms with E-state index in [1.54, 1.807) is 12.1 Å². The van der Waals surface area contributed by atoms with Crippen LogP contribution in [0.3, 0.4) is 0 Å². The highest BCUT2D eigenvalue weighted by Crippen LogP contribution is 2.06. The number of ether oxygens (including phenoxy) is 1. The first-order valence-electron chi connectivity index (χ1n) is 6.78. The summed E-state index contributed by atoms with van der Waals surface area (Å²) in [5.41, 5.74) is 0.620. The number of hydrogen-bond acceptors (Lipinski definition) is 4. The molecule has 2 aromatic rings. The number of esters is 1. The number of carbonyl (C=O) groups excluding carboxylic acids is 2. The van der Waals surface area contributed by atoms with Crippen LogP contribution in [-0.4, -0.2) is 18.0 Å². The molecule has 0 bridgehead atoms. The van der Waals surface area contributed by atoms with E-state index >= 15 is 0 Å². The number of nitrogens with one attached hydrogen (secondary N) is 1. The molecule has 0 aliphatic heterocycles. The first-order chi connectivity index (χ1) is 10.5. The molecule has 0 aliphatic carbocycles. The summed E-state index contributed by atoms with van der Waals surface area (Å²) >= 11 is 0. The van der Waals surface area contributed by atoms with Crippen LogP contribution in [0.2, 0.25) is 0 Å². The summed E-state index contributed by atoms with van der Waals surface area (Å²) in [6.07, 6.45) is 0.576. The Balaban J connectivity index is 1.77. The van der Waals surface area contributed by atoms with Gasteiger partial charge in [-0.3, -0.25) is 9.59 Å². The van der Waals surface area contributed by atoms with Gasteiger partial charge in [-0.25, -0.2) is 4.39 Å². The minimum Gasteiger partial charge on any atom is -0.467 e. The predicted octanol–water partition coefficient (Wildman–Crippen LogP) is 2.21. The predicted molar refractivity (Wildman–Crippen MR) is 76.2 cm³/mol. The number of benzene rings is 1. The number of amides is 1. The molecule has 1 aromatic heterocycles. The number of carbonyl (C=O) groups is 2. The molecular weight excluding hydrogens is 289 g/mol. The number of hydrogen-bond donors (Lipinski definition) is 1. The van der Waals surface area contributed by atoms with Gasteiger partial charge in [-0.05, 0) is 36.8 Å². The van der Waals surface area contributed by atoms with Gasteiger partial charge in [0.25, 0.3) is 5.91 Å². The molecule has 1 N–H and O–H groups in total.